The van der Waals surface area contributed by atoms with Crippen molar-refractivity contribution in [2.45, 2.75) is 6.54 Å². The number of nitrogens with one attached hydrogen (secondary N) is 1. The zero-order valence-corrected chi connectivity index (χ0v) is 10.6. The summed E-state index contributed by atoms with van der Waals surface area (Å²) in [5.41, 5.74) is 1.24. The first-order chi connectivity index (χ1) is 9.20. The van der Waals surface area contributed by atoms with E-state index >= 15 is 0 Å². The Kier molecular flexibility index (Phi) is 4.03. The Morgan fingerprint density at radius 2 is 1.84 bits per heavy atom. The molecule has 0 saturated heterocycles. The van der Waals surface area contributed by atoms with Crippen molar-refractivity contribution in [3.05, 3.63) is 59.7 Å². The van der Waals surface area contributed by atoms with Crippen LogP contribution in [-0.2, 0) is 6.54 Å². The lowest BCUT2D eigenvalue weighted by atomic mass is 10.1. The second-order valence-electron chi connectivity index (χ2n) is 4.04. The molecule has 0 heterocycles. The van der Waals surface area contributed by atoms with Crippen LogP contribution in [0.5, 0.6) is 11.5 Å². The second kappa shape index (κ2) is 5.91. The summed E-state index contributed by atoms with van der Waals surface area (Å²) in [6.45, 7) is 0.289. The van der Waals surface area contributed by atoms with E-state index in [1.807, 2.05) is 6.07 Å². The summed E-state index contributed by atoms with van der Waals surface area (Å²) in [6, 6.07) is 13.8. The predicted molar refractivity (Wildman–Crippen MR) is 72.3 cm³/mol. The van der Waals surface area contributed by atoms with E-state index in [1.165, 1.54) is 0 Å². The molecule has 0 aromatic heterocycles. The molecule has 2 N–H and O–H groups in total. The van der Waals surface area contributed by atoms with Crippen LogP contribution in [0.4, 0.5) is 0 Å². The van der Waals surface area contributed by atoms with Gasteiger partial charge in [0.15, 0.2) is 0 Å². The Bertz CT molecular complexity index is 564. The van der Waals surface area contributed by atoms with E-state index < -0.39 is 0 Å². The van der Waals surface area contributed by atoms with Gasteiger partial charge in [-0.05, 0) is 30.3 Å². The SMILES string of the molecule is COc1ccc(C(=O)NCc2ccccc2O)cc1. The maximum absolute atomic E-state index is 11.9. The molecule has 0 saturated carbocycles. The number of aromatic hydroxyl groups is 1. The number of carbonyl (C=O) groups excluding carboxylic acids is 1. The van der Waals surface area contributed by atoms with E-state index in [9.17, 15) is 9.90 Å². The fourth-order valence-electron chi connectivity index (χ4n) is 1.68. The average molecular weight is 257 g/mol. The standard InChI is InChI=1S/C15H15NO3/c1-19-13-8-6-11(7-9-13)15(18)16-10-12-4-2-3-5-14(12)17/h2-9,17H,10H2,1H3,(H,16,18). The number of rotatable bonds is 4. The minimum Gasteiger partial charge on any atom is -0.508 e. The topological polar surface area (TPSA) is 58.6 Å². The molecule has 19 heavy (non-hydrogen) atoms. The van der Waals surface area contributed by atoms with Crippen molar-refractivity contribution in [3.63, 3.8) is 0 Å². The number of carbonyl (C=O) groups is 1. The summed E-state index contributed by atoms with van der Waals surface area (Å²) in [5.74, 6) is 0.695. The normalized spacial score (nSPS) is 9.95. The van der Waals surface area contributed by atoms with Crippen molar-refractivity contribution >= 4 is 5.91 Å². The molecule has 0 unspecified atom stereocenters. The monoisotopic (exact) mass is 257 g/mol. The molecule has 4 nitrogen and oxygen atoms in total. The van der Waals surface area contributed by atoms with Crippen LogP contribution >= 0.6 is 0 Å². The number of benzene rings is 2. The Hall–Kier alpha value is -2.49. The Labute approximate surface area is 111 Å². The highest BCUT2D eigenvalue weighted by Gasteiger charge is 2.06. The van der Waals surface area contributed by atoms with Gasteiger partial charge in [0.2, 0.25) is 0 Å². The summed E-state index contributed by atoms with van der Waals surface area (Å²) >= 11 is 0. The summed E-state index contributed by atoms with van der Waals surface area (Å²) in [5, 5.41) is 12.3. The highest BCUT2D eigenvalue weighted by Crippen LogP contribution is 2.15. The van der Waals surface area contributed by atoms with Crippen LogP contribution < -0.4 is 10.1 Å². The molecule has 4 heteroatoms. The van der Waals surface area contributed by atoms with E-state index in [2.05, 4.69) is 5.32 Å². The highest BCUT2D eigenvalue weighted by atomic mass is 16.5. The van der Waals surface area contributed by atoms with Crippen LogP contribution in [0.15, 0.2) is 48.5 Å². The Morgan fingerprint density at radius 3 is 2.47 bits per heavy atom. The van der Waals surface area contributed by atoms with Gasteiger partial charge in [-0.25, -0.2) is 0 Å². The molecular formula is C15H15NO3. The summed E-state index contributed by atoms with van der Waals surface area (Å²) in [6.07, 6.45) is 0. The number of hydrogen-bond acceptors (Lipinski definition) is 3. The summed E-state index contributed by atoms with van der Waals surface area (Å²) in [4.78, 5) is 11.9. The smallest absolute Gasteiger partial charge is 0.251 e. The van der Waals surface area contributed by atoms with Crippen molar-refractivity contribution in [2.75, 3.05) is 7.11 Å². The highest BCUT2D eigenvalue weighted by molar-refractivity contribution is 5.94. The Balaban J connectivity index is 1.99. The molecular weight excluding hydrogens is 242 g/mol. The fourth-order valence-corrected chi connectivity index (χ4v) is 1.68. The molecule has 0 atom stereocenters. The predicted octanol–water partition coefficient (Wildman–Crippen LogP) is 2.33. The first-order valence-corrected chi connectivity index (χ1v) is 5.90. The van der Waals surface area contributed by atoms with Crippen molar-refractivity contribution < 1.29 is 14.6 Å². The molecule has 0 aliphatic heterocycles. The van der Waals surface area contributed by atoms with Gasteiger partial charge in [-0.15, -0.1) is 0 Å². The van der Waals surface area contributed by atoms with Crippen LogP contribution in [0.3, 0.4) is 0 Å². The van der Waals surface area contributed by atoms with Crippen LogP contribution in [-0.4, -0.2) is 18.1 Å². The number of phenolic OH excluding ortho intramolecular Hbond substituents is 1. The molecule has 0 bridgehead atoms. The number of amides is 1. The van der Waals surface area contributed by atoms with Gasteiger partial charge >= 0.3 is 0 Å². The molecule has 2 aromatic carbocycles. The lowest BCUT2D eigenvalue weighted by molar-refractivity contribution is 0.0950. The van der Waals surface area contributed by atoms with Crippen molar-refractivity contribution in [3.8, 4) is 11.5 Å². The number of methoxy groups -OCH3 is 1. The van der Waals surface area contributed by atoms with Gasteiger partial charge in [0, 0.05) is 17.7 Å². The minimum atomic E-state index is -0.189. The molecule has 98 valence electrons. The quantitative estimate of drug-likeness (QED) is 0.883. The number of hydrogen-bond donors (Lipinski definition) is 2. The molecule has 2 rings (SSSR count). The van der Waals surface area contributed by atoms with E-state index in [1.54, 1.807) is 49.6 Å². The Morgan fingerprint density at radius 1 is 1.16 bits per heavy atom. The number of ether oxygens (including phenoxy) is 1. The zero-order chi connectivity index (χ0) is 13.7. The van der Waals surface area contributed by atoms with Gasteiger partial charge in [-0.2, -0.15) is 0 Å². The van der Waals surface area contributed by atoms with Crippen LogP contribution in [0, 0.1) is 0 Å². The number of phenols is 1. The molecule has 0 aliphatic carbocycles. The fraction of sp³-hybridized carbons (Fsp3) is 0.133. The second-order valence-corrected chi connectivity index (χ2v) is 4.04. The van der Waals surface area contributed by atoms with Crippen molar-refractivity contribution in [2.24, 2.45) is 0 Å². The largest absolute Gasteiger partial charge is 0.508 e. The van der Waals surface area contributed by atoms with Crippen molar-refractivity contribution in [1.82, 2.24) is 5.32 Å². The van der Waals surface area contributed by atoms with Gasteiger partial charge in [0.25, 0.3) is 5.91 Å². The lowest BCUT2D eigenvalue weighted by Gasteiger charge is -2.07. The average Bonchev–Trinajstić information content (AvgIpc) is 2.46. The van der Waals surface area contributed by atoms with E-state index in [0.29, 0.717) is 16.9 Å². The zero-order valence-electron chi connectivity index (χ0n) is 10.6. The van der Waals surface area contributed by atoms with Gasteiger partial charge in [-0.3, -0.25) is 4.79 Å². The van der Waals surface area contributed by atoms with Crippen LogP contribution in [0.2, 0.25) is 0 Å². The third-order valence-corrected chi connectivity index (χ3v) is 2.78. The van der Waals surface area contributed by atoms with Gasteiger partial charge in [0.05, 0.1) is 7.11 Å². The van der Waals surface area contributed by atoms with E-state index in [4.69, 9.17) is 4.74 Å². The summed E-state index contributed by atoms with van der Waals surface area (Å²) in [7, 11) is 1.58. The maximum atomic E-state index is 11.9. The van der Waals surface area contributed by atoms with Crippen molar-refractivity contribution in [1.29, 1.82) is 0 Å². The molecule has 0 aliphatic rings. The molecule has 1 amide bonds. The van der Waals surface area contributed by atoms with Gasteiger partial charge in [-0.1, -0.05) is 18.2 Å². The van der Waals surface area contributed by atoms with Gasteiger partial charge < -0.3 is 15.2 Å². The first kappa shape index (κ1) is 13.0. The molecule has 0 spiro atoms. The lowest BCUT2D eigenvalue weighted by Crippen LogP contribution is -2.22. The minimum absolute atomic E-state index is 0.178. The first-order valence-electron chi connectivity index (χ1n) is 5.90. The third-order valence-electron chi connectivity index (χ3n) is 2.78. The van der Waals surface area contributed by atoms with E-state index in [0.717, 1.165) is 0 Å². The van der Waals surface area contributed by atoms with Crippen LogP contribution in [0.25, 0.3) is 0 Å². The van der Waals surface area contributed by atoms with Crippen LogP contribution in [0.1, 0.15) is 15.9 Å². The molecule has 0 radical (unpaired) electrons. The third kappa shape index (κ3) is 3.25. The summed E-state index contributed by atoms with van der Waals surface area (Å²) < 4.78 is 5.03. The van der Waals surface area contributed by atoms with Gasteiger partial charge in [0.1, 0.15) is 11.5 Å². The number of para-hydroxylation sites is 1. The maximum Gasteiger partial charge on any atom is 0.251 e. The molecule has 0 fully saturated rings. The molecule has 2 aromatic rings. The van der Waals surface area contributed by atoms with E-state index in [-0.39, 0.29) is 18.2 Å².